The molecule has 0 bridgehead atoms. The number of anilines is 1. The van der Waals surface area contributed by atoms with Gasteiger partial charge in [0.2, 0.25) is 0 Å². The van der Waals surface area contributed by atoms with Gasteiger partial charge in [-0.2, -0.15) is 5.26 Å². The predicted molar refractivity (Wildman–Crippen MR) is 131 cm³/mol. The van der Waals surface area contributed by atoms with E-state index >= 15 is 0 Å². The van der Waals surface area contributed by atoms with Gasteiger partial charge in [0.15, 0.2) is 11.5 Å². The fourth-order valence-corrected chi connectivity index (χ4v) is 3.44. The van der Waals surface area contributed by atoms with Crippen LogP contribution >= 0.6 is 23.2 Å². The van der Waals surface area contributed by atoms with Gasteiger partial charge in [-0.3, -0.25) is 14.9 Å². The highest BCUT2D eigenvalue weighted by Crippen LogP contribution is 2.38. The minimum atomic E-state index is -0.842. The summed E-state index contributed by atoms with van der Waals surface area (Å²) < 4.78 is 11.2. The van der Waals surface area contributed by atoms with Crippen LogP contribution in [0, 0.1) is 21.4 Å². The third kappa shape index (κ3) is 6.20. The molecule has 1 amide bonds. The largest absolute Gasteiger partial charge is 0.506 e. The van der Waals surface area contributed by atoms with Crippen molar-refractivity contribution in [1.29, 1.82) is 5.26 Å². The Hall–Kier alpha value is -4.26. The lowest BCUT2D eigenvalue weighted by Gasteiger charge is -2.14. The Labute approximate surface area is 209 Å². The average molecular weight is 514 g/mol. The molecule has 0 aromatic heterocycles. The number of nitrogens with one attached hydrogen (secondary N) is 1. The molecule has 3 aromatic carbocycles. The molecule has 3 aromatic rings. The number of nitrogens with zero attached hydrogens (tertiary/aromatic N) is 2. The normalized spacial score (nSPS) is 10.9. The summed E-state index contributed by atoms with van der Waals surface area (Å²) in [6, 6.07) is 15.1. The summed E-state index contributed by atoms with van der Waals surface area (Å²) >= 11 is 12.5. The summed E-state index contributed by atoms with van der Waals surface area (Å²) in [5.74, 6) is -0.841. The third-order valence-corrected chi connectivity index (χ3v) is 5.35. The molecule has 0 aliphatic heterocycles. The van der Waals surface area contributed by atoms with Gasteiger partial charge < -0.3 is 19.9 Å². The van der Waals surface area contributed by atoms with Crippen molar-refractivity contribution in [1.82, 2.24) is 0 Å². The van der Waals surface area contributed by atoms with Crippen LogP contribution in [-0.2, 0) is 11.4 Å². The van der Waals surface area contributed by atoms with E-state index in [1.54, 1.807) is 24.3 Å². The highest BCUT2D eigenvalue weighted by Gasteiger charge is 2.17. The van der Waals surface area contributed by atoms with E-state index in [1.807, 2.05) is 6.07 Å². The molecule has 35 heavy (non-hydrogen) atoms. The molecule has 0 saturated heterocycles. The molecule has 0 atom stereocenters. The Balaban J connectivity index is 1.83. The maximum absolute atomic E-state index is 12.6. The Morgan fingerprint density at radius 1 is 1.20 bits per heavy atom. The number of methoxy groups -OCH3 is 1. The van der Waals surface area contributed by atoms with Gasteiger partial charge in [-0.1, -0.05) is 41.4 Å². The molecule has 0 aliphatic rings. The number of nitro groups is 1. The van der Waals surface area contributed by atoms with E-state index in [9.17, 15) is 25.3 Å². The lowest BCUT2D eigenvalue weighted by molar-refractivity contribution is -0.384. The van der Waals surface area contributed by atoms with Crippen LogP contribution in [0.1, 0.15) is 11.1 Å². The van der Waals surface area contributed by atoms with E-state index in [-0.39, 0.29) is 40.1 Å². The standard InChI is InChI=1S/C24H17Cl2N3O6/c1-34-22-10-14(9-19(26)23(22)35-13-15-4-2-3-5-18(15)25)8-16(12-27)24(31)28-20-7-6-17(29(32)33)11-21(20)30/h2-11,30H,13H2,1H3,(H,28,31)/b16-8-. The van der Waals surface area contributed by atoms with E-state index in [0.29, 0.717) is 10.6 Å². The molecule has 0 unspecified atom stereocenters. The maximum atomic E-state index is 12.6. The number of non-ortho nitro benzene ring substituents is 1. The molecule has 3 rings (SSSR count). The summed E-state index contributed by atoms with van der Waals surface area (Å²) in [5.41, 5.74) is 0.354. The second-order valence-corrected chi connectivity index (χ2v) is 7.81. The highest BCUT2D eigenvalue weighted by molar-refractivity contribution is 6.32. The number of carbonyl (C=O) groups excluding carboxylic acids is 1. The highest BCUT2D eigenvalue weighted by atomic mass is 35.5. The number of nitro benzene ring substituents is 1. The molecule has 11 heteroatoms. The van der Waals surface area contributed by atoms with Crippen molar-refractivity contribution in [3.05, 3.63) is 91.5 Å². The Morgan fingerprint density at radius 3 is 2.57 bits per heavy atom. The van der Waals surface area contributed by atoms with Crippen molar-refractivity contribution >= 4 is 46.6 Å². The van der Waals surface area contributed by atoms with Crippen molar-refractivity contribution in [3.8, 4) is 23.3 Å². The van der Waals surface area contributed by atoms with Gasteiger partial charge in [-0.15, -0.1) is 0 Å². The average Bonchev–Trinajstić information content (AvgIpc) is 2.83. The predicted octanol–water partition coefficient (Wildman–Crippen LogP) is 5.74. The van der Waals surface area contributed by atoms with Gasteiger partial charge in [0.05, 0.1) is 28.8 Å². The number of aromatic hydroxyl groups is 1. The summed E-state index contributed by atoms with van der Waals surface area (Å²) in [6.07, 6.45) is 1.27. The van der Waals surface area contributed by atoms with Crippen molar-refractivity contribution in [3.63, 3.8) is 0 Å². The van der Waals surface area contributed by atoms with Crippen molar-refractivity contribution in [2.45, 2.75) is 6.61 Å². The van der Waals surface area contributed by atoms with Crippen LogP contribution in [0.15, 0.2) is 60.2 Å². The van der Waals surface area contributed by atoms with Crippen LogP contribution in [0.5, 0.6) is 17.2 Å². The monoisotopic (exact) mass is 513 g/mol. The Kier molecular flexibility index (Phi) is 8.15. The van der Waals surface area contributed by atoms with Gasteiger partial charge in [0.1, 0.15) is 24.0 Å². The summed E-state index contributed by atoms with van der Waals surface area (Å²) in [7, 11) is 1.41. The van der Waals surface area contributed by atoms with Crippen LogP contribution in [-0.4, -0.2) is 23.0 Å². The number of rotatable bonds is 8. The minimum Gasteiger partial charge on any atom is -0.506 e. The molecule has 2 N–H and O–H groups in total. The fourth-order valence-electron chi connectivity index (χ4n) is 2.97. The first-order valence-electron chi connectivity index (χ1n) is 9.87. The van der Waals surface area contributed by atoms with Crippen molar-refractivity contribution < 1.29 is 24.3 Å². The second kappa shape index (κ2) is 11.2. The number of carbonyl (C=O) groups is 1. The molecule has 9 nitrogen and oxygen atoms in total. The van der Waals surface area contributed by atoms with Crippen LogP contribution in [0.4, 0.5) is 11.4 Å². The van der Waals surface area contributed by atoms with E-state index in [2.05, 4.69) is 5.32 Å². The molecule has 0 saturated carbocycles. The SMILES string of the molecule is COc1cc(/C=C(/C#N)C(=O)Nc2ccc([N+](=O)[O-])cc2O)cc(Cl)c1OCc1ccccc1Cl. The third-order valence-electron chi connectivity index (χ3n) is 4.70. The first-order chi connectivity index (χ1) is 16.7. The van der Waals surface area contributed by atoms with E-state index in [4.69, 9.17) is 32.7 Å². The number of hydrogen-bond donors (Lipinski definition) is 2. The number of amides is 1. The molecule has 0 heterocycles. The van der Waals surface area contributed by atoms with Gasteiger partial charge in [0.25, 0.3) is 11.6 Å². The quantitative estimate of drug-likeness (QED) is 0.129. The Bertz CT molecular complexity index is 1370. The summed E-state index contributed by atoms with van der Waals surface area (Å²) in [5, 5.41) is 33.3. The molecule has 0 aliphatic carbocycles. The number of hydrogen-bond acceptors (Lipinski definition) is 7. The van der Waals surface area contributed by atoms with Gasteiger partial charge in [-0.05, 0) is 35.9 Å². The smallest absolute Gasteiger partial charge is 0.273 e. The summed E-state index contributed by atoms with van der Waals surface area (Å²) in [6.45, 7) is 0.134. The van der Waals surface area contributed by atoms with Crippen LogP contribution in [0.2, 0.25) is 10.0 Å². The zero-order chi connectivity index (χ0) is 25.5. The fraction of sp³-hybridized carbons (Fsp3) is 0.0833. The van der Waals surface area contributed by atoms with Crippen molar-refractivity contribution in [2.24, 2.45) is 0 Å². The van der Waals surface area contributed by atoms with E-state index < -0.39 is 16.6 Å². The lowest BCUT2D eigenvalue weighted by atomic mass is 10.1. The number of benzene rings is 3. The number of phenols is 1. The van der Waals surface area contributed by atoms with Gasteiger partial charge in [0, 0.05) is 16.7 Å². The minimum absolute atomic E-state index is 0.0966. The van der Waals surface area contributed by atoms with Crippen LogP contribution in [0.3, 0.4) is 0 Å². The lowest BCUT2D eigenvalue weighted by Crippen LogP contribution is -2.13. The van der Waals surface area contributed by atoms with E-state index in [0.717, 1.165) is 23.8 Å². The summed E-state index contributed by atoms with van der Waals surface area (Å²) in [4.78, 5) is 22.7. The van der Waals surface area contributed by atoms with Crippen LogP contribution < -0.4 is 14.8 Å². The Morgan fingerprint density at radius 2 is 1.94 bits per heavy atom. The van der Waals surface area contributed by atoms with Crippen LogP contribution in [0.25, 0.3) is 6.08 Å². The number of phenolic OH excluding ortho intramolecular Hbond substituents is 1. The van der Waals surface area contributed by atoms with Gasteiger partial charge in [-0.25, -0.2) is 0 Å². The zero-order valence-electron chi connectivity index (χ0n) is 18.1. The molecule has 0 spiro atoms. The second-order valence-electron chi connectivity index (χ2n) is 7.00. The maximum Gasteiger partial charge on any atom is 0.273 e. The number of ether oxygens (including phenoxy) is 2. The molecule has 0 fully saturated rings. The van der Waals surface area contributed by atoms with E-state index in [1.165, 1.54) is 25.3 Å². The molecule has 0 radical (unpaired) electrons. The first-order valence-corrected chi connectivity index (χ1v) is 10.6. The zero-order valence-corrected chi connectivity index (χ0v) is 19.6. The molecular formula is C24H17Cl2N3O6. The van der Waals surface area contributed by atoms with Gasteiger partial charge >= 0.3 is 0 Å². The topological polar surface area (TPSA) is 135 Å². The first kappa shape index (κ1) is 25.4. The number of nitriles is 1. The number of halogens is 2. The molecular weight excluding hydrogens is 497 g/mol. The van der Waals surface area contributed by atoms with Crippen molar-refractivity contribution in [2.75, 3.05) is 12.4 Å². The molecule has 178 valence electrons.